The predicted molar refractivity (Wildman–Crippen MR) is 114 cm³/mol. The third-order valence-electron chi connectivity index (χ3n) is 5.01. The van der Waals surface area contributed by atoms with Gasteiger partial charge >= 0.3 is 0 Å². The first-order chi connectivity index (χ1) is 14.3. The van der Waals surface area contributed by atoms with Gasteiger partial charge < -0.3 is 4.57 Å². The highest BCUT2D eigenvalue weighted by Gasteiger charge is 2.38. The molecule has 158 valence electrons. The summed E-state index contributed by atoms with van der Waals surface area (Å²) in [6.45, 7) is 0.275. The van der Waals surface area contributed by atoms with Crippen LogP contribution in [-0.2, 0) is 21.9 Å². The molecule has 1 aromatic carbocycles. The molecule has 0 radical (unpaired) electrons. The Balaban J connectivity index is 1.72. The normalized spacial score (nSPS) is 18.7. The van der Waals surface area contributed by atoms with Gasteiger partial charge in [0.1, 0.15) is 10.3 Å². The lowest BCUT2D eigenvalue weighted by atomic mass is 10.0. The lowest BCUT2D eigenvalue weighted by Gasteiger charge is -2.31. The van der Waals surface area contributed by atoms with Crippen LogP contribution in [0, 0.1) is 10.1 Å². The number of non-ortho nitro benzene ring substituents is 1. The second-order valence-corrected chi connectivity index (χ2v) is 10.9. The molecular weight excluding hydrogens is 448 g/mol. The van der Waals surface area contributed by atoms with Crippen LogP contribution < -0.4 is 4.80 Å². The second-order valence-electron chi connectivity index (χ2n) is 6.86. The van der Waals surface area contributed by atoms with Crippen LogP contribution in [0.15, 0.2) is 44.9 Å². The minimum absolute atomic E-state index is 0.0391. The number of sulfonamides is 1. The van der Waals surface area contributed by atoms with Gasteiger partial charge in [-0.3, -0.25) is 14.9 Å². The van der Waals surface area contributed by atoms with Crippen LogP contribution in [0.5, 0.6) is 0 Å². The predicted octanol–water partition coefficient (Wildman–Crippen LogP) is 2.88. The molecule has 3 aromatic rings. The van der Waals surface area contributed by atoms with Crippen molar-refractivity contribution in [3.63, 3.8) is 0 Å². The third kappa shape index (κ3) is 3.71. The number of thiazole rings is 1. The van der Waals surface area contributed by atoms with Crippen molar-refractivity contribution in [2.24, 2.45) is 12.0 Å². The van der Waals surface area contributed by atoms with E-state index in [9.17, 15) is 23.3 Å². The lowest BCUT2D eigenvalue weighted by Crippen LogP contribution is -2.47. The molecule has 0 N–H and O–H groups in total. The molecule has 9 nitrogen and oxygen atoms in total. The molecule has 30 heavy (non-hydrogen) atoms. The Labute approximate surface area is 180 Å². The molecule has 3 heterocycles. The monoisotopic (exact) mass is 466 g/mol. The Morgan fingerprint density at radius 3 is 2.80 bits per heavy atom. The maximum absolute atomic E-state index is 13.0. The van der Waals surface area contributed by atoms with Crippen LogP contribution in [0.25, 0.3) is 10.2 Å². The minimum Gasteiger partial charge on any atom is -0.319 e. The SMILES string of the molecule is Cn1c(=NC(=O)C2CCCCN2S(=O)(=O)c2cccs2)sc2cc([N+](=O)[O-])ccc21. The number of carbonyl (C=O) groups excluding carboxylic acids is 1. The van der Waals surface area contributed by atoms with E-state index in [-0.39, 0.29) is 16.4 Å². The van der Waals surface area contributed by atoms with Crippen molar-refractivity contribution in [1.82, 2.24) is 8.87 Å². The van der Waals surface area contributed by atoms with Crippen LogP contribution >= 0.6 is 22.7 Å². The number of nitro groups is 1. The smallest absolute Gasteiger partial charge is 0.270 e. The van der Waals surface area contributed by atoms with E-state index >= 15 is 0 Å². The zero-order valence-corrected chi connectivity index (χ0v) is 18.4. The number of benzene rings is 1. The average molecular weight is 467 g/mol. The van der Waals surface area contributed by atoms with E-state index in [0.717, 1.165) is 29.1 Å². The van der Waals surface area contributed by atoms with Gasteiger partial charge in [0.2, 0.25) is 0 Å². The molecule has 0 bridgehead atoms. The van der Waals surface area contributed by atoms with Gasteiger partial charge in [0.15, 0.2) is 4.80 Å². The fourth-order valence-electron chi connectivity index (χ4n) is 3.48. The number of fused-ring (bicyclic) bond motifs is 1. The van der Waals surface area contributed by atoms with Crippen LogP contribution in [-0.4, -0.2) is 40.7 Å². The molecule has 1 aliphatic rings. The van der Waals surface area contributed by atoms with E-state index in [4.69, 9.17) is 0 Å². The van der Waals surface area contributed by atoms with E-state index in [1.165, 1.54) is 22.5 Å². The molecule has 4 rings (SSSR count). The number of hydrogen-bond acceptors (Lipinski definition) is 7. The highest BCUT2D eigenvalue weighted by Crippen LogP contribution is 2.28. The Bertz CT molecular complexity index is 1290. The Morgan fingerprint density at radius 1 is 1.30 bits per heavy atom. The minimum atomic E-state index is -3.76. The summed E-state index contributed by atoms with van der Waals surface area (Å²) in [6, 6.07) is 6.80. The number of aryl methyl sites for hydroxylation is 1. The van der Waals surface area contributed by atoms with Crippen molar-refractivity contribution in [3.05, 3.63) is 50.6 Å². The van der Waals surface area contributed by atoms with Crippen LogP contribution in [0.2, 0.25) is 0 Å². The molecule has 12 heteroatoms. The number of thiophene rings is 1. The summed E-state index contributed by atoms with van der Waals surface area (Å²) in [5, 5.41) is 12.7. The number of nitrogens with zero attached hydrogens (tertiary/aromatic N) is 4. The first-order valence-electron chi connectivity index (χ1n) is 9.17. The van der Waals surface area contributed by atoms with Crippen LogP contribution in [0.3, 0.4) is 0 Å². The molecular formula is C18H18N4O5S3. The van der Waals surface area contributed by atoms with Crippen molar-refractivity contribution >= 4 is 54.5 Å². The Hall–Kier alpha value is -2.41. The fraction of sp³-hybridized carbons (Fsp3) is 0.333. The first-order valence-corrected chi connectivity index (χ1v) is 12.3. The van der Waals surface area contributed by atoms with Crippen molar-refractivity contribution in [1.29, 1.82) is 0 Å². The molecule has 1 fully saturated rings. The number of rotatable bonds is 4. The summed E-state index contributed by atoms with van der Waals surface area (Å²) >= 11 is 2.28. The lowest BCUT2D eigenvalue weighted by molar-refractivity contribution is -0.384. The van der Waals surface area contributed by atoms with Crippen LogP contribution in [0.4, 0.5) is 5.69 Å². The second kappa shape index (κ2) is 8.02. The summed E-state index contributed by atoms with van der Waals surface area (Å²) in [6.07, 6.45) is 1.84. The van der Waals surface area contributed by atoms with E-state index in [2.05, 4.69) is 4.99 Å². The third-order valence-corrected chi connectivity index (χ3v) is 9.38. The number of hydrogen-bond donors (Lipinski definition) is 0. The van der Waals surface area contributed by atoms with Gasteiger partial charge in [0.05, 0.1) is 15.1 Å². The van der Waals surface area contributed by atoms with E-state index < -0.39 is 26.9 Å². The zero-order valence-electron chi connectivity index (χ0n) is 15.9. The van der Waals surface area contributed by atoms with Gasteiger partial charge in [-0.2, -0.15) is 9.30 Å². The van der Waals surface area contributed by atoms with Crippen molar-refractivity contribution in [2.45, 2.75) is 29.5 Å². The highest BCUT2D eigenvalue weighted by atomic mass is 32.2. The first kappa shape index (κ1) is 20.8. The molecule has 0 spiro atoms. The molecule has 1 atom stereocenters. The summed E-state index contributed by atoms with van der Waals surface area (Å²) in [7, 11) is -2.04. The molecule has 1 aliphatic heterocycles. The number of aromatic nitrogens is 1. The van der Waals surface area contributed by atoms with Gasteiger partial charge in [-0.25, -0.2) is 8.42 Å². The molecule has 1 saturated heterocycles. The summed E-state index contributed by atoms with van der Waals surface area (Å²) in [5.74, 6) is -0.522. The van der Waals surface area contributed by atoms with Gasteiger partial charge in [0, 0.05) is 25.7 Å². The average Bonchev–Trinajstić information content (AvgIpc) is 3.37. The van der Waals surface area contributed by atoms with Gasteiger partial charge in [0.25, 0.3) is 21.6 Å². The fourth-order valence-corrected chi connectivity index (χ4v) is 7.30. The van der Waals surface area contributed by atoms with Gasteiger partial charge in [-0.05, 0) is 30.4 Å². The molecule has 2 aromatic heterocycles. The highest BCUT2D eigenvalue weighted by molar-refractivity contribution is 7.91. The van der Waals surface area contributed by atoms with Crippen LogP contribution in [0.1, 0.15) is 19.3 Å². The topological polar surface area (TPSA) is 115 Å². The number of nitro benzene ring substituents is 1. The van der Waals surface area contributed by atoms with E-state index in [1.807, 2.05) is 0 Å². The standard InChI is InChI=1S/C18H18N4O5S3/c1-20-13-8-7-12(22(24)25)11-15(13)29-18(20)19-17(23)14-5-2-3-9-21(14)30(26,27)16-6-4-10-28-16/h4,6-8,10-11,14H,2-3,5,9H2,1H3. The summed E-state index contributed by atoms with van der Waals surface area (Å²) < 4.78 is 29.8. The molecule has 1 unspecified atom stereocenters. The number of carbonyl (C=O) groups is 1. The summed E-state index contributed by atoms with van der Waals surface area (Å²) in [5.41, 5.74) is 0.673. The zero-order chi connectivity index (χ0) is 21.5. The maximum Gasteiger partial charge on any atom is 0.270 e. The number of amides is 1. The Kier molecular flexibility index (Phi) is 5.57. The van der Waals surface area contributed by atoms with Gasteiger partial charge in [-0.1, -0.05) is 23.8 Å². The molecule has 1 amide bonds. The Morgan fingerprint density at radius 2 is 2.10 bits per heavy atom. The largest absolute Gasteiger partial charge is 0.319 e. The van der Waals surface area contributed by atoms with E-state index in [1.54, 1.807) is 29.1 Å². The van der Waals surface area contributed by atoms with Crippen molar-refractivity contribution in [2.75, 3.05) is 6.54 Å². The summed E-state index contributed by atoms with van der Waals surface area (Å²) in [4.78, 5) is 28.1. The molecule has 0 saturated carbocycles. The van der Waals surface area contributed by atoms with E-state index in [0.29, 0.717) is 27.9 Å². The number of piperidine rings is 1. The van der Waals surface area contributed by atoms with Crippen molar-refractivity contribution in [3.8, 4) is 0 Å². The maximum atomic E-state index is 13.0. The van der Waals surface area contributed by atoms with Gasteiger partial charge in [-0.15, -0.1) is 11.3 Å². The molecule has 0 aliphatic carbocycles. The van der Waals surface area contributed by atoms with Crippen molar-refractivity contribution < 1.29 is 18.1 Å². The quantitative estimate of drug-likeness (QED) is 0.433.